The maximum atomic E-state index is 12.9. The first-order valence-corrected chi connectivity index (χ1v) is 8.69. The van der Waals surface area contributed by atoms with Crippen molar-refractivity contribution < 1.29 is 8.42 Å². The van der Waals surface area contributed by atoms with Gasteiger partial charge in [0.05, 0.1) is 0 Å². The van der Waals surface area contributed by atoms with Crippen LogP contribution in [0.1, 0.15) is 31.4 Å². The minimum atomic E-state index is -3.66. The van der Waals surface area contributed by atoms with E-state index in [0.717, 1.165) is 32.2 Å². The maximum Gasteiger partial charge on any atom is 0.246 e. The first-order valence-electron chi connectivity index (χ1n) is 7.25. The number of nitrogens with one attached hydrogen (secondary N) is 1. The highest BCUT2D eigenvalue weighted by molar-refractivity contribution is 7.89. The van der Waals surface area contributed by atoms with Crippen molar-refractivity contribution in [1.29, 1.82) is 5.26 Å². The van der Waals surface area contributed by atoms with Crippen LogP contribution in [0.15, 0.2) is 23.2 Å². The molecule has 2 atom stereocenters. The predicted molar refractivity (Wildman–Crippen MR) is 76.9 cm³/mol. The van der Waals surface area contributed by atoms with Gasteiger partial charge in [-0.3, -0.25) is 0 Å². The van der Waals surface area contributed by atoms with E-state index in [9.17, 15) is 8.42 Å². The lowest BCUT2D eigenvalue weighted by molar-refractivity contribution is 0.322. The molecule has 1 aromatic rings. The zero-order valence-corrected chi connectivity index (χ0v) is 12.5. The van der Waals surface area contributed by atoms with E-state index in [1.807, 2.05) is 6.07 Å². The summed E-state index contributed by atoms with van der Waals surface area (Å²) in [5.74, 6) is 0. The molecule has 7 heteroatoms. The van der Waals surface area contributed by atoms with Crippen molar-refractivity contribution >= 4 is 10.0 Å². The molecule has 2 aliphatic rings. The van der Waals surface area contributed by atoms with Gasteiger partial charge in [0.15, 0.2) is 5.69 Å². The molecule has 0 radical (unpaired) electrons. The highest BCUT2D eigenvalue weighted by Gasteiger charge is 2.41. The van der Waals surface area contributed by atoms with Crippen molar-refractivity contribution in [1.82, 2.24) is 14.6 Å². The first-order chi connectivity index (χ1) is 10.1. The molecule has 0 aliphatic carbocycles. The summed E-state index contributed by atoms with van der Waals surface area (Å²) in [6, 6.07) is 5.13. The molecule has 2 unspecified atom stereocenters. The molecular formula is C14H18N4O2S. The Bertz CT molecular complexity index is 662. The third-order valence-electron chi connectivity index (χ3n) is 4.27. The van der Waals surface area contributed by atoms with Gasteiger partial charge in [0.1, 0.15) is 11.0 Å². The van der Waals surface area contributed by atoms with Gasteiger partial charge in [0.2, 0.25) is 10.0 Å². The minimum Gasteiger partial charge on any atom is -0.312 e. The molecule has 2 aliphatic heterocycles. The van der Waals surface area contributed by atoms with Crippen LogP contribution >= 0.6 is 0 Å². The van der Waals surface area contributed by atoms with Crippen LogP contribution < -0.4 is 5.32 Å². The third-order valence-corrected chi connectivity index (χ3v) is 6.23. The number of aromatic nitrogens is 1. The predicted octanol–water partition coefficient (Wildman–Crippen LogP) is 0.858. The van der Waals surface area contributed by atoms with Gasteiger partial charge >= 0.3 is 0 Å². The Kier molecular flexibility index (Phi) is 3.93. The summed E-state index contributed by atoms with van der Waals surface area (Å²) in [6.45, 7) is 1.47. The van der Waals surface area contributed by atoms with Crippen molar-refractivity contribution in [3.63, 3.8) is 0 Å². The molecule has 0 amide bonds. The molecule has 112 valence electrons. The molecule has 0 bridgehead atoms. The smallest absolute Gasteiger partial charge is 0.246 e. The van der Waals surface area contributed by atoms with Gasteiger partial charge in [0.25, 0.3) is 0 Å². The van der Waals surface area contributed by atoms with E-state index < -0.39 is 10.0 Å². The van der Waals surface area contributed by atoms with Crippen LogP contribution in [0.4, 0.5) is 0 Å². The fourth-order valence-corrected chi connectivity index (χ4v) is 5.14. The van der Waals surface area contributed by atoms with E-state index in [-0.39, 0.29) is 22.7 Å². The van der Waals surface area contributed by atoms with E-state index >= 15 is 0 Å². The van der Waals surface area contributed by atoms with E-state index in [2.05, 4.69) is 10.3 Å². The van der Waals surface area contributed by atoms with Crippen LogP contribution in [0.3, 0.4) is 0 Å². The summed E-state index contributed by atoms with van der Waals surface area (Å²) in [4.78, 5) is 3.90. The molecule has 2 fully saturated rings. The van der Waals surface area contributed by atoms with Crippen molar-refractivity contribution in [2.45, 2.75) is 42.7 Å². The van der Waals surface area contributed by atoms with Gasteiger partial charge in [-0.1, -0.05) is 0 Å². The summed E-state index contributed by atoms with van der Waals surface area (Å²) >= 11 is 0. The van der Waals surface area contributed by atoms with Crippen LogP contribution in [0, 0.1) is 11.3 Å². The number of nitrogens with zero attached hydrogens (tertiary/aromatic N) is 3. The van der Waals surface area contributed by atoms with Gasteiger partial charge in [-0.05, 0) is 44.4 Å². The topological polar surface area (TPSA) is 86.1 Å². The van der Waals surface area contributed by atoms with Crippen molar-refractivity contribution in [3.8, 4) is 6.07 Å². The lowest BCUT2D eigenvalue weighted by Crippen LogP contribution is -2.46. The van der Waals surface area contributed by atoms with Gasteiger partial charge in [-0.25, -0.2) is 13.4 Å². The number of hydrogen-bond acceptors (Lipinski definition) is 5. The van der Waals surface area contributed by atoms with Crippen LogP contribution in [0.25, 0.3) is 0 Å². The van der Waals surface area contributed by atoms with E-state index in [1.165, 1.54) is 12.3 Å². The van der Waals surface area contributed by atoms with Gasteiger partial charge in [-0.15, -0.1) is 0 Å². The Morgan fingerprint density at radius 1 is 1.38 bits per heavy atom. The molecule has 1 N–H and O–H groups in total. The number of sulfonamides is 1. The quantitative estimate of drug-likeness (QED) is 0.895. The van der Waals surface area contributed by atoms with Crippen LogP contribution in [0.2, 0.25) is 0 Å². The van der Waals surface area contributed by atoms with Crippen LogP contribution in [0.5, 0.6) is 0 Å². The van der Waals surface area contributed by atoms with E-state index in [4.69, 9.17) is 5.26 Å². The second-order valence-corrected chi connectivity index (χ2v) is 7.35. The Morgan fingerprint density at radius 2 is 2.24 bits per heavy atom. The lowest BCUT2D eigenvalue weighted by Gasteiger charge is -2.28. The van der Waals surface area contributed by atoms with Gasteiger partial charge < -0.3 is 5.32 Å². The summed E-state index contributed by atoms with van der Waals surface area (Å²) in [6.07, 6.45) is 5.28. The molecule has 3 rings (SSSR count). The van der Waals surface area contributed by atoms with E-state index in [1.54, 1.807) is 10.4 Å². The molecule has 3 heterocycles. The zero-order chi connectivity index (χ0) is 14.9. The van der Waals surface area contributed by atoms with Gasteiger partial charge in [-0.2, -0.15) is 9.57 Å². The Hall–Kier alpha value is -1.49. The van der Waals surface area contributed by atoms with Crippen molar-refractivity contribution in [2.24, 2.45) is 0 Å². The van der Waals surface area contributed by atoms with Gasteiger partial charge in [0, 0.05) is 24.8 Å². The summed E-state index contributed by atoms with van der Waals surface area (Å²) < 4.78 is 27.3. The number of rotatable bonds is 3. The highest BCUT2D eigenvalue weighted by Crippen LogP contribution is 2.31. The summed E-state index contributed by atoms with van der Waals surface area (Å²) in [5, 5.41) is 12.5. The second kappa shape index (κ2) is 5.72. The summed E-state index contributed by atoms with van der Waals surface area (Å²) in [7, 11) is -3.66. The minimum absolute atomic E-state index is 0.00995. The third kappa shape index (κ3) is 2.55. The second-order valence-electron chi connectivity index (χ2n) is 5.49. The van der Waals surface area contributed by atoms with E-state index in [0.29, 0.717) is 6.54 Å². The molecule has 2 saturated heterocycles. The Balaban J connectivity index is 1.95. The fraction of sp³-hybridized carbons (Fsp3) is 0.571. The van der Waals surface area contributed by atoms with Crippen molar-refractivity contribution in [2.75, 3.05) is 13.1 Å². The average Bonchev–Trinajstić information content (AvgIpc) is 3.17. The normalized spacial score (nSPS) is 26.8. The number of nitriles is 1. The number of hydrogen-bond donors (Lipinski definition) is 1. The Morgan fingerprint density at radius 3 is 2.95 bits per heavy atom. The van der Waals surface area contributed by atoms with Crippen molar-refractivity contribution in [3.05, 3.63) is 24.0 Å². The molecule has 6 nitrogen and oxygen atoms in total. The lowest BCUT2D eigenvalue weighted by atomic mass is 10.1. The van der Waals surface area contributed by atoms with Crippen LogP contribution in [-0.4, -0.2) is 42.9 Å². The highest BCUT2D eigenvalue weighted by atomic mass is 32.2. The Labute approximate surface area is 124 Å². The first kappa shape index (κ1) is 14.4. The molecule has 1 aromatic heterocycles. The molecule has 0 spiro atoms. The molecule has 0 aromatic carbocycles. The molecule has 0 saturated carbocycles. The largest absolute Gasteiger partial charge is 0.312 e. The number of pyridine rings is 1. The average molecular weight is 306 g/mol. The fourth-order valence-electron chi connectivity index (χ4n) is 3.32. The monoisotopic (exact) mass is 306 g/mol. The molecule has 21 heavy (non-hydrogen) atoms. The van der Waals surface area contributed by atoms with Crippen LogP contribution in [-0.2, 0) is 10.0 Å². The SMILES string of the molecule is N#Cc1ncccc1S(=O)(=O)N1CCCC1C1CCCN1. The maximum absolute atomic E-state index is 12.9. The standard InChI is InChI=1S/C14H18N4O2S/c15-10-12-14(6-2-8-17-12)21(19,20)18-9-3-5-13(18)11-4-1-7-16-11/h2,6,8,11,13,16H,1,3-5,7,9H2. The summed E-state index contributed by atoms with van der Waals surface area (Å²) in [5.41, 5.74) is -0.0254. The molecular weight excluding hydrogens is 288 g/mol. The zero-order valence-electron chi connectivity index (χ0n) is 11.7.